The van der Waals surface area contributed by atoms with Gasteiger partial charge in [0.1, 0.15) is 5.82 Å². The van der Waals surface area contributed by atoms with Gasteiger partial charge in [0.25, 0.3) is 0 Å². The molecule has 18 heavy (non-hydrogen) atoms. The van der Waals surface area contributed by atoms with Gasteiger partial charge in [0.05, 0.1) is 18.3 Å². The van der Waals surface area contributed by atoms with Crippen LogP contribution in [0, 0.1) is 11.7 Å². The summed E-state index contributed by atoms with van der Waals surface area (Å²) in [6.07, 6.45) is 3.44. The molecule has 0 aromatic heterocycles. The van der Waals surface area contributed by atoms with Gasteiger partial charge in [-0.3, -0.25) is 0 Å². The second-order valence-electron chi connectivity index (χ2n) is 5.28. The molecule has 3 rings (SSSR count). The van der Waals surface area contributed by atoms with Crippen molar-refractivity contribution in [1.29, 1.82) is 0 Å². The van der Waals surface area contributed by atoms with Gasteiger partial charge in [-0.25, -0.2) is 4.39 Å². The summed E-state index contributed by atoms with van der Waals surface area (Å²) in [5.74, 6) is -0.0840. The highest BCUT2D eigenvalue weighted by Gasteiger charge is 2.43. The SMILES string of the molecule is OC(Cc1ccc(Br)cc1F)C1CC2CCC1O2. The van der Waals surface area contributed by atoms with Crippen molar-refractivity contribution in [1.82, 2.24) is 0 Å². The normalized spacial score (nSPS) is 31.8. The van der Waals surface area contributed by atoms with E-state index in [9.17, 15) is 9.50 Å². The molecular formula is C14H16BrFO2. The van der Waals surface area contributed by atoms with Gasteiger partial charge in [0.2, 0.25) is 0 Å². The lowest BCUT2D eigenvalue weighted by atomic mass is 9.83. The first-order valence-corrected chi connectivity index (χ1v) is 7.20. The summed E-state index contributed by atoms with van der Waals surface area (Å²) in [6, 6.07) is 4.98. The molecule has 4 atom stereocenters. The van der Waals surface area contributed by atoms with Gasteiger partial charge in [-0.15, -0.1) is 0 Å². The Morgan fingerprint density at radius 3 is 2.89 bits per heavy atom. The number of aliphatic hydroxyl groups excluding tert-OH is 1. The van der Waals surface area contributed by atoms with Gasteiger partial charge in [0, 0.05) is 16.8 Å². The van der Waals surface area contributed by atoms with E-state index in [1.807, 2.05) is 6.07 Å². The second-order valence-corrected chi connectivity index (χ2v) is 6.20. The van der Waals surface area contributed by atoms with Crippen molar-refractivity contribution in [3.8, 4) is 0 Å². The Balaban J connectivity index is 1.69. The maximum Gasteiger partial charge on any atom is 0.127 e. The molecule has 2 aliphatic rings. The summed E-state index contributed by atoms with van der Waals surface area (Å²) < 4.78 is 20.2. The molecule has 0 amide bonds. The molecule has 2 bridgehead atoms. The number of halogens is 2. The highest BCUT2D eigenvalue weighted by Crippen LogP contribution is 2.41. The van der Waals surface area contributed by atoms with Crippen LogP contribution < -0.4 is 0 Å². The number of ether oxygens (including phenoxy) is 1. The largest absolute Gasteiger partial charge is 0.392 e. The molecule has 98 valence electrons. The third kappa shape index (κ3) is 2.33. The first kappa shape index (κ1) is 12.6. The summed E-state index contributed by atoms with van der Waals surface area (Å²) in [7, 11) is 0. The highest BCUT2D eigenvalue weighted by molar-refractivity contribution is 9.10. The second kappa shape index (κ2) is 4.91. The third-order valence-corrected chi connectivity index (χ3v) is 4.58. The van der Waals surface area contributed by atoms with Crippen molar-refractivity contribution in [3.63, 3.8) is 0 Å². The van der Waals surface area contributed by atoms with E-state index in [1.165, 1.54) is 6.07 Å². The van der Waals surface area contributed by atoms with Crippen LogP contribution in [0.2, 0.25) is 0 Å². The number of rotatable bonds is 3. The van der Waals surface area contributed by atoms with Crippen LogP contribution in [0.1, 0.15) is 24.8 Å². The summed E-state index contributed by atoms with van der Waals surface area (Å²) >= 11 is 3.23. The minimum Gasteiger partial charge on any atom is -0.392 e. The van der Waals surface area contributed by atoms with E-state index in [2.05, 4.69) is 15.9 Å². The van der Waals surface area contributed by atoms with Crippen molar-refractivity contribution >= 4 is 15.9 Å². The van der Waals surface area contributed by atoms with E-state index < -0.39 is 6.10 Å². The highest BCUT2D eigenvalue weighted by atomic mass is 79.9. The van der Waals surface area contributed by atoms with Gasteiger partial charge in [0.15, 0.2) is 0 Å². The molecule has 1 aromatic rings. The predicted octanol–water partition coefficient (Wildman–Crippen LogP) is 3.06. The van der Waals surface area contributed by atoms with Crippen LogP contribution in [0.3, 0.4) is 0 Å². The van der Waals surface area contributed by atoms with Crippen LogP contribution in [0.4, 0.5) is 4.39 Å². The zero-order valence-electron chi connectivity index (χ0n) is 9.98. The van der Waals surface area contributed by atoms with Crippen LogP contribution in [-0.2, 0) is 11.2 Å². The Kier molecular flexibility index (Phi) is 3.43. The minimum atomic E-state index is -0.504. The van der Waals surface area contributed by atoms with Crippen LogP contribution in [0.15, 0.2) is 22.7 Å². The van der Waals surface area contributed by atoms with Crippen molar-refractivity contribution in [2.24, 2.45) is 5.92 Å². The topological polar surface area (TPSA) is 29.5 Å². The summed E-state index contributed by atoms with van der Waals surface area (Å²) in [5.41, 5.74) is 0.577. The number of hydrogen-bond donors (Lipinski definition) is 1. The molecule has 2 aliphatic heterocycles. The van der Waals surface area contributed by atoms with E-state index in [4.69, 9.17) is 4.74 Å². The number of aliphatic hydroxyl groups is 1. The maximum atomic E-state index is 13.7. The van der Waals surface area contributed by atoms with E-state index >= 15 is 0 Å². The molecule has 2 nitrogen and oxygen atoms in total. The molecule has 0 spiro atoms. The van der Waals surface area contributed by atoms with Gasteiger partial charge >= 0.3 is 0 Å². The fraction of sp³-hybridized carbons (Fsp3) is 0.571. The fourth-order valence-corrected chi connectivity index (χ4v) is 3.48. The summed E-state index contributed by atoms with van der Waals surface area (Å²) in [6.45, 7) is 0. The van der Waals surface area contributed by atoms with Gasteiger partial charge in [-0.05, 0) is 37.0 Å². The van der Waals surface area contributed by atoms with Crippen molar-refractivity contribution < 1.29 is 14.2 Å². The van der Waals surface area contributed by atoms with Crippen molar-refractivity contribution in [2.45, 2.75) is 44.0 Å². The lowest BCUT2D eigenvalue weighted by molar-refractivity contribution is 0.0428. The number of fused-ring (bicyclic) bond motifs is 2. The molecule has 1 aromatic carbocycles. The Hall–Kier alpha value is -0.450. The fourth-order valence-electron chi connectivity index (χ4n) is 3.15. The monoisotopic (exact) mass is 314 g/mol. The van der Waals surface area contributed by atoms with Crippen LogP contribution in [-0.4, -0.2) is 23.4 Å². The quantitative estimate of drug-likeness (QED) is 0.929. The summed E-state index contributed by atoms with van der Waals surface area (Å²) in [4.78, 5) is 0. The first-order valence-electron chi connectivity index (χ1n) is 6.41. The van der Waals surface area contributed by atoms with Gasteiger partial charge in [-0.2, -0.15) is 0 Å². The number of hydrogen-bond acceptors (Lipinski definition) is 2. The van der Waals surface area contributed by atoms with Gasteiger partial charge in [-0.1, -0.05) is 22.0 Å². The van der Waals surface area contributed by atoms with Crippen molar-refractivity contribution in [2.75, 3.05) is 0 Å². The molecular weight excluding hydrogens is 299 g/mol. The molecule has 2 heterocycles. The zero-order valence-corrected chi connectivity index (χ0v) is 11.6. The zero-order chi connectivity index (χ0) is 12.7. The minimum absolute atomic E-state index is 0.173. The van der Waals surface area contributed by atoms with Gasteiger partial charge < -0.3 is 9.84 Å². The number of benzene rings is 1. The van der Waals surface area contributed by atoms with E-state index in [0.717, 1.165) is 23.7 Å². The Bertz CT molecular complexity index is 451. The smallest absolute Gasteiger partial charge is 0.127 e. The standard InChI is InChI=1S/C14H16BrFO2/c15-9-2-1-8(12(16)6-9)5-13(17)11-7-10-3-4-14(11)18-10/h1-2,6,10-11,13-14,17H,3-5,7H2. The molecule has 0 radical (unpaired) electrons. The summed E-state index contributed by atoms with van der Waals surface area (Å²) in [5, 5.41) is 10.3. The molecule has 4 heteroatoms. The Morgan fingerprint density at radius 2 is 2.28 bits per heavy atom. The molecule has 2 saturated heterocycles. The molecule has 1 N–H and O–H groups in total. The van der Waals surface area contributed by atoms with Crippen LogP contribution >= 0.6 is 15.9 Å². The lowest BCUT2D eigenvalue weighted by Gasteiger charge is -2.24. The lowest BCUT2D eigenvalue weighted by Crippen LogP contribution is -2.31. The molecule has 0 saturated carbocycles. The Labute approximate surface area is 114 Å². The van der Waals surface area contributed by atoms with Crippen molar-refractivity contribution in [3.05, 3.63) is 34.1 Å². The van der Waals surface area contributed by atoms with E-state index in [-0.39, 0.29) is 17.8 Å². The van der Waals surface area contributed by atoms with Crippen LogP contribution in [0.25, 0.3) is 0 Å². The molecule has 4 unspecified atom stereocenters. The van der Waals surface area contributed by atoms with E-state index in [0.29, 0.717) is 18.1 Å². The van der Waals surface area contributed by atoms with E-state index in [1.54, 1.807) is 6.07 Å². The predicted molar refractivity (Wildman–Crippen MR) is 69.8 cm³/mol. The first-order chi connectivity index (χ1) is 8.63. The maximum absolute atomic E-state index is 13.7. The Morgan fingerprint density at radius 1 is 1.44 bits per heavy atom. The third-order valence-electron chi connectivity index (χ3n) is 4.09. The van der Waals surface area contributed by atoms with Crippen LogP contribution in [0.5, 0.6) is 0 Å². The average molecular weight is 315 g/mol. The molecule has 0 aliphatic carbocycles. The molecule has 2 fully saturated rings. The average Bonchev–Trinajstić information content (AvgIpc) is 2.94.